The van der Waals surface area contributed by atoms with E-state index in [2.05, 4.69) is 5.32 Å². The topological polar surface area (TPSA) is 49.4 Å². The van der Waals surface area contributed by atoms with Crippen LogP contribution in [0.4, 0.5) is 10.1 Å². The zero-order valence-electron chi connectivity index (χ0n) is 15.4. The van der Waals surface area contributed by atoms with Crippen LogP contribution in [0.3, 0.4) is 0 Å². The number of thioether (sulfide) groups is 1. The fraction of sp³-hybridized carbons (Fsp3) is 0.143. The van der Waals surface area contributed by atoms with E-state index in [9.17, 15) is 14.0 Å². The molecule has 0 saturated carbocycles. The van der Waals surface area contributed by atoms with E-state index in [1.54, 1.807) is 37.4 Å². The summed E-state index contributed by atoms with van der Waals surface area (Å²) < 4.78 is 13.9. The highest BCUT2D eigenvalue weighted by Crippen LogP contribution is 2.30. The van der Waals surface area contributed by atoms with Crippen molar-refractivity contribution in [2.45, 2.75) is 4.90 Å². The maximum Gasteiger partial charge on any atom is 0.264 e. The summed E-state index contributed by atoms with van der Waals surface area (Å²) in [5.41, 5.74) is 1.18. The molecule has 7 heteroatoms. The zero-order valence-corrected chi connectivity index (χ0v) is 17.1. The highest BCUT2D eigenvalue weighted by atomic mass is 32.2. The number of anilines is 1. The fourth-order valence-corrected chi connectivity index (χ4v) is 4.25. The molecule has 1 heterocycles. The first kappa shape index (κ1) is 20.1. The van der Waals surface area contributed by atoms with E-state index in [1.807, 2.05) is 30.5 Å². The lowest BCUT2D eigenvalue weighted by atomic mass is 10.2. The van der Waals surface area contributed by atoms with Crippen LogP contribution in [0.2, 0.25) is 0 Å². The van der Waals surface area contributed by atoms with Crippen LogP contribution in [0, 0.1) is 5.82 Å². The first-order chi connectivity index (χ1) is 13.5. The molecule has 0 aliphatic heterocycles. The van der Waals surface area contributed by atoms with Crippen molar-refractivity contribution in [3.63, 3.8) is 0 Å². The number of thiophene rings is 1. The van der Waals surface area contributed by atoms with Gasteiger partial charge in [-0.2, -0.15) is 0 Å². The lowest BCUT2D eigenvalue weighted by Gasteiger charge is -2.16. The van der Waals surface area contributed by atoms with Gasteiger partial charge in [-0.15, -0.1) is 23.1 Å². The number of para-hydroxylation sites is 1. The molecule has 0 aliphatic rings. The van der Waals surface area contributed by atoms with E-state index in [-0.39, 0.29) is 24.2 Å². The quantitative estimate of drug-likeness (QED) is 0.579. The van der Waals surface area contributed by atoms with Crippen molar-refractivity contribution in [2.24, 2.45) is 0 Å². The Morgan fingerprint density at radius 1 is 1.07 bits per heavy atom. The van der Waals surface area contributed by atoms with Gasteiger partial charge in [0.15, 0.2) is 0 Å². The van der Waals surface area contributed by atoms with Crippen molar-refractivity contribution in [3.8, 4) is 10.4 Å². The Morgan fingerprint density at radius 2 is 1.79 bits per heavy atom. The number of carbonyl (C=O) groups is 2. The maximum absolute atomic E-state index is 13.9. The number of halogens is 1. The molecule has 2 aromatic carbocycles. The number of hydrogen-bond acceptors (Lipinski definition) is 4. The van der Waals surface area contributed by atoms with Gasteiger partial charge in [-0.3, -0.25) is 9.59 Å². The van der Waals surface area contributed by atoms with Gasteiger partial charge in [0.05, 0.1) is 17.1 Å². The molecule has 0 saturated heterocycles. The number of likely N-dealkylation sites (N-methyl/N-ethyl adjacent to an activating group) is 1. The normalized spacial score (nSPS) is 10.5. The molecule has 1 N–H and O–H groups in total. The first-order valence-corrected chi connectivity index (χ1v) is 10.6. The van der Waals surface area contributed by atoms with Gasteiger partial charge in [0.1, 0.15) is 5.82 Å². The molecular formula is C21H19FN2O2S2. The molecule has 0 spiro atoms. The second kappa shape index (κ2) is 9.03. The molecule has 0 radical (unpaired) electrons. The minimum Gasteiger partial charge on any atom is -0.332 e. The van der Waals surface area contributed by atoms with Crippen LogP contribution in [0.5, 0.6) is 0 Å². The second-order valence-corrected chi connectivity index (χ2v) is 7.99. The van der Waals surface area contributed by atoms with Crippen molar-refractivity contribution in [1.29, 1.82) is 0 Å². The maximum atomic E-state index is 13.9. The van der Waals surface area contributed by atoms with Crippen molar-refractivity contribution in [1.82, 2.24) is 4.90 Å². The van der Waals surface area contributed by atoms with Crippen LogP contribution in [-0.2, 0) is 4.79 Å². The minimum atomic E-state index is -0.330. The van der Waals surface area contributed by atoms with Gasteiger partial charge in [-0.25, -0.2) is 4.39 Å². The molecule has 0 unspecified atom stereocenters. The molecule has 2 amide bonds. The summed E-state index contributed by atoms with van der Waals surface area (Å²) in [6.07, 6.45) is 1.94. The van der Waals surface area contributed by atoms with Crippen LogP contribution in [0.1, 0.15) is 9.67 Å². The summed E-state index contributed by atoms with van der Waals surface area (Å²) in [6.45, 7) is -0.0749. The van der Waals surface area contributed by atoms with Gasteiger partial charge in [-0.1, -0.05) is 30.3 Å². The molecule has 3 rings (SSSR count). The van der Waals surface area contributed by atoms with Gasteiger partial charge in [-0.05, 0) is 36.6 Å². The third-order valence-electron chi connectivity index (χ3n) is 4.06. The zero-order chi connectivity index (χ0) is 20.1. The predicted octanol–water partition coefficient (Wildman–Crippen LogP) is 4.99. The SMILES string of the molecule is CSc1ccccc1NC(=O)CN(C)C(=O)c1ccc(-c2ccccc2F)s1. The van der Waals surface area contributed by atoms with Crippen LogP contribution in [0.25, 0.3) is 10.4 Å². The summed E-state index contributed by atoms with van der Waals surface area (Å²) in [7, 11) is 1.57. The Labute approximate surface area is 171 Å². The smallest absolute Gasteiger partial charge is 0.264 e. The number of nitrogens with zero attached hydrogens (tertiary/aromatic N) is 1. The average molecular weight is 415 g/mol. The lowest BCUT2D eigenvalue weighted by molar-refractivity contribution is -0.116. The molecule has 3 aromatic rings. The molecule has 0 atom stereocenters. The summed E-state index contributed by atoms with van der Waals surface area (Å²) >= 11 is 2.74. The third-order valence-corrected chi connectivity index (χ3v) is 5.97. The molecule has 28 heavy (non-hydrogen) atoms. The first-order valence-electron chi connectivity index (χ1n) is 8.52. The summed E-state index contributed by atoms with van der Waals surface area (Å²) in [4.78, 5) is 28.4. The fourth-order valence-electron chi connectivity index (χ4n) is 2.67. The number of benzene rings is 2. The highest BCUT2D eigenvalue weighted by Gasteiger charge is 2.18. The Morgan fingerprint density at radius 3 is 2.54 bits per heavy atom. The van der Waals surface area contributed by atoms with Gasteiger partial charge in [0.2, 0.25) is 5.91 Å². The van der Waals surface area contributed by atoms with Crippen molar-refractivity contribution < 1.29 is 14.0 Å². The Kier molecular flexibility index (Phi) is 6.49. The largest absolute Gasteiger partial charge is 0.332 e. The van der Waals surface area contributed by atoms with Gasteiger partial charge in [0.25, 0.3) is 5.91 Å². The molecule has 0 bridgehead atoms. The third kappa shape index (κ3) is 4.61. The number of amides is 2. The van der Waals surface area contributed by atoms with E-state index in [1.165, 1.54) is 34.1 Å². The standard InChI is InChI=1S/C21H19FN2O2S2/c1-24(13-20(25)23-16-9-5-6-10-18(16)27-2)21(26)19-12-11-17(28-19)14-7-3-4-8-15(14)22/h3-12H,13H2,1-2H3,(H,23,25). The minimum absolute atomic E-state index is 0.0749. The molecule has 0 fully saturated rings. The van der Waals surface area contributed by atoms with E-state index in [4.69, 9.17) is 0 Å². The Hall–Kier alpha value is -2.64. The van der Waals surface area contributed by atoms with Gasteiger partial charge >= 0.3 is 0 Å². The van der Waals surface area contributed by atoms with Crippen LogP contribution in [-0.4, -0.2) is 36.6 Å². The average Bonchev–Trinajstić information content (AvgIpc) is 3.18. The van der Waals surface area contributed by atoms with E-state index >= 15 is 0 Å². The van der Waals surface area contributed by atoms with Crippen molar-refractivity contribution >= 4 is 40.6 Å². The van der Waals surface area contributed by atoms with Crippen LogP contribution < -0.4 is 5.32 Å². The Balaban J connectivity index is 1.66. The van der Waals surface area contributed by atoms with E-state index in [0.717, 1.165) is 10.6 Å². The Bertz CT molecular complexity index is 1000. The van der Waals surface area contributed by atoms with E-state index < -0.39 is 0 Å². The lowest BCUT2D eigenvalue weighted by Crippen LogP contribution is -2.34. The number of rotatable bonds is 6. The number of carbonyl (C=O) groups excluding carboxylic acids is 2. The second-order valence-electron chi connectivity index (χ2n) is 6.05. The van der Waals surface area contributed by atoms with E-state index in [0.29, 0.717) is 15.3 Å². The molecule has 4 nitrogen and oxygen atoms in total. The molecule has 1 aromatic heterocycles. The van der Waals surface area contributed by atoms with Crippen molar-refractivity contribution in [3.05, 3.63) is 71.4 Å². The van der Waals surface area contributed by atoms with Crippen LogP contribution >= 0.6 is 23.1 Å². The predicted molar refractivity (Wildman–Crippen MR) is 114 cm³/mol. The van der Waals surface area contributed by atoms with Crippen molar-refractivity contribution in [2.75, 3.05) is 25.2 Å². The number of hydrogen-bond donors (Lipinski definition) is 1. The molecule has 144 valence electrons. The summed E-state index contributed by atoms with van der Waals surface area (Å²) in [6, 6.07) is 17.3. The van der Waals surface area contributed by atoms with Gasteiger partial charge in [0, 0.05) is 22.4 Å². The number of nitrogens with one attached hydrogen (secondary N) is 1. The van der Waals surface area contributed by atoms with Crippen LogP contribution in [0.15, 0.2) is 65.6 Å². The summed E-state index contributed by atoms with van der Waals surface area (Å²) in [5.74, 6) is -0.882. The monoisotopic (exact) mass is 414 g/mol. The molecular weight excluding hydrogens is 395 g/mol. The molecule has 0 aliphatic carbocycles. The summed E-state index contributed by atoms with van der Waals surface area (Å²) in [5, 5.41) is 2.84. The highest BCUT2D eigenvalue weighted by molar-refractivity contribution is 7.98. The van der Waals surface area contributed by atoms with Gasteiger partial charge < -0.3 is 10.2 Å².